The van der Waals surface area contributed by atoms with E-state index in [-0.39, 0.29) is 12.5 Å². The molecule has 0 aliphatic rings. The molecule has 2 rings (SSSR count). The van der Waals surface area contributed by atoms with Gasteiger partial charge in [0, 0.05) is 6.54 Å². The molecule has 0 radical (unpaired) electrons. The van der Waals surface area contributed by atoms with Crippen molar-refractivity contribution in [1.82, 2.24) is 5.32 Å². The Labute approximate surface area is 124 Å². The van der Waals surface area contributed by atoms with E-state index in [4.69, 9.17) is 10.5 Å². The van der Waals surface area contributed by atoms with Crippen molar-refractivity contribution < 1.29 is 9.53 Å². The summed E-state index contributed by atoms with van der Waals surface area (Å²) in [5.41, 5.74) is 8.75. The first-order valence-corrected chi connectivity index (χ1v) is 6.95. The predicted molar refractivity (Wildman–Crippen MR) is 84.2 cm³/mol. The Kier molecular flexibility index (Phi) is 5.21. The number of hydrogen-bond donors (Lipinski definition) is 2. The Bertz CT molecular complexity index is 611. The smallest absolute Gasteiger partial charge is 0.257 e. The summed E-state index contributed by atoms with van der Waals surface area (Å²) < 4.78 is 5.39. The molecule has 4 heteroatoms. The predicted octanol–water partition coefficient (Wildman–Crippen LogP) is 2.31. The summed E-state index contributed by atoms with van der Waals surface area (Å²) in [6.45, 7) is 2.64. The van der Waals surface area contributed by atoms with Gasteiger partial charge in [-0.1, -0.05) is 36.4 Å². The van der Waals surface area contributed by atoms with Crippen LogP contribution in [-0.2, 0) is 11.2 Å². The van der Waals surface area contributed by atoms with E-state index in [1.54, 1.807) is 12.1 Å². The lowest BCUT2D eigenvalue weighted by molar-refractivity contribution is -0.123. The first-order chi connectivity index (χ1) is 10.2. The number of rotatable bonds is 6. The minimum absolute atomic E-state index is 0.0258. The molecular formula is C17H20N2O2. The van der Waals surface area contributed by atoms with Crippen LogP contribution in [0.3, 0.4) is 0 Å². The van der Waals surface area contributed by atoms with Crippen molar-refractivity contribution in [3.8, 4) is 5.75 Å². The molecule has 4 nitrogen and oxygen atoms in total. The Hall–Kier alpha value is -2.49. The number of anilines is 1. The quantitative estimate of drug-likeness (QED) is 0.800. The third kappa shape index (κ3) is 4.53. The maximum Gasteiger partial charge on any atom is 0.257 e. The molecule has 0 saturated heterocycles. The van der Waals surface area contributed by atoms with Crippen LogP contribution in [0.15, 0.2) is 48.5 Å². The standard InChI is InChI=1S/C17H20N2O2/c1-13-6-2-3-7-14(13)10-11-19-17(20)12-21-16-9-5-4-8-15(16)18/h2-9H,10-12,18H2,1H3,(H,19,20). The molecule has 0 spiro atoms. The van der Waals surface area contributed by atoms with Crippen LogP contribution in [-0.4, -0.2) is 19.1 Å². The monoisotopic (exact) mass is 284 g/mol. The van der Waals surface area contributed by atoms with Gasteiger partial charge in [0.25, 0.3) is 5.91 Å². The molecule has 2 aromatic carbocycles. The summed E-state index contributed by atoms with van der Waals surface area (Å²) in [4.78, 5) is 11.7. The minimum atomic E-state index is -0.146. The molecule has 0 fully saturated rings. The fourth-order valence-corrected chi connectivity index (χ4v) is 2.03. The molecular weight excluding hydrogens is 264 g/mol. The third-order valence-electron chi connectivity index (χ3n) is 3.26. The number of aryl methyl sites for hydroxylation is 1. The molecule has 0 aromatic heterocycles. The number of carbonyl (C=O) groups excluding carboxylic acids is 1. The second-order valence-electron chi connectivity index (χ2n) is 4.85. The first-order valence-electron chi connectivity index (χ1n) is 6.95. The Balaban J connectivity index is 1.73. The summed E-state index contributed by atoms with van der Waals surface area (Å²) in [6, 6.07) is 15.3. The minimum Gasteiger partial charge on any atom is -0.482 e. The molecule has 3 N–H and O–H groups in total. The van der Waals surface area contributed by atoms with E-state index in [0.29, 0.717) is 18.0 Å². The van der Waals surface area contributed by atoms with Crippen LogP contribution in [0.4, 0.5) is 5.69 Å². The average Bonchev–Trinajstić information content (AvgIpc) is 2.48. The lowest BCUT2D eigenvalue weighted by atomic mass is 10.1. The van der Waals surface area contributed by atoms with Gasteiger partial charge in [0.15, 0.2) is 6.61 Å². The number of nitrogens with one attached hydrogen (secondary N) is 1. The highest BCUT2D eigenvalue weighted by molar-refractivity contribution is 5.77. The summed E-state index contributed by atoms with van der Waals surface area (Å²) in [6.07, 6.45) is 0.811. The topological polar surface area (TPSA) is 64.3 Å². The van der Waals surface area contributed by atoms with Gasteiger partial charge in [0.05, 0.1) is 5.69 Å². The van der Waals surface area contributed by atoms with Crippen molar-refractivity contribution in [2.75, 3.05) is 18.9 Å². The van der Waals surface area contributed by atoms with Crippen molar-refractivity contribution in [1.29, 1.82) is 0 Å². The number of benzene rings is 2. The SMILES string of the molecule is Cc1ccccc1CCNC(=O)COc1ccccc1N. The van der Waals surface area contributed by atoms with Crippen molar-refractivity contribution >= 4 is 11.6 Å². The van der Waals surface area contributed by atoms with Gasteiger partial charge in [-0.2, -0.15) is 0 Å². The average molecular weight is 284 g/mol. The van der Waals surface area contributed by atoms with Crippen LogP contribution >= 0.6 is 0 Å². The van der Waals surface area contributed by atoms with Crippen molar-refractivity contribution in [3.05, 3.63) is 59.7 Å². The van der Waals surface area contributed by atoms with Gasteiger partial charge in [-0.25, -0.2) is 0 Å². The molecule has 0 bridgehead atoms. The fraction of sp³-hybridized carbons (Fsp3) is 0.235. The molecule has 0 saturated carbocycles. The number of ether oxygens (including phenoxy) is 1. The zero-order valence-electron chi connectivity index (χ0n) is 12.1. The maximum absolute atomic E-state index is 11.7. The summed E-state index contributed by atoms with van der Waals surface area (Å²) in [7, 11) is 0. The van der Waals surface area contributed by atoms with Crippen LogP contribution in [0.2, 0.25) is 0 Å². The summed E-state index contributed by atoms with van der Waals surface area (Å²) in [5.74, 6) is 0.387. The Morgan fingerprint density at radius 2 is 1.86 bits per heavy atom. The number of nitrogens with two attached hydrogens (primary N) is 1. The Morgan fingerprint density at radius 3 is 2.62 bits per heavy atom. The van der Waals surface area contributed by atoms with Gasteiger partial charge in [-0.15, -0.1) is 0 Å². The van der Waals surface area contributed by atoms with Crippen LogP contribution in [0.1, 0.15) is 11.1 Å². The van der Waals surface area contributed by atoms with Gasteiger partial charge in [-0.3, -0.25) is 4.79 Å². The Morgan fingerprint density at radius 1 is 1.14 bits per heavy atom. The highest BCUT2D eigenvalue weighted by atomic mass is 16.5. The van der Waals surface area contributed by atoms with Gasteiger partial charge in [0.1, 0.15) is 5.75 Å². The highest BCUT2D eigenvalue weighted by Crippen LogP contribution is 2.19. The molecule has 2 aromatic rings. The van der Waals surface area contributed by atoms with E-state index in [9.17, 15) is 4.79 Å². The molecule has 0 aliphatic carbocycles. The van der Waals surface area contributed by atoms with Crippen molar-refractivity contribution in [2.45, 2.75) is 13.3 Å². The highest BCUT2D eigenvalue weighted by Gasteiger charge is 2.05. The zero-order valence-corrected chi connectivity index (χ0v) is 12.1. The third-order valence-corrected chi connectivity index (χ3v) is 3.26. The van der Waals surface area contributed by atoms with Crippen LogP contribution < -0.4 is 15.8 Å². The van der Waals surface area contributed by atoms with Gasteiger partial charge < -0.3 is 15.8 Å². The van der Waals surface area contributed by atoms with Gasteiger partial charge in [0.2, 0.25) is 0 Å². The fourth-order valence-electron chi connectivity index (χ4n) is 2.03. The second-order valence-corrected chi connectivity index (χ2v) is 4.85. The van der Waals surface area contributed by atoms with Crippen LogP contribution in [0.25, 0.3) is 0 Å². The number of nitrogen functional groups attached to an aromatic ring is 1. The molecule has 110 valence electrons. The van der Waals surface area contributed by atoms with E-state index < -0.39 is 0 Å². The van der Waals surface area contributed by atoms with E-state index in [1.807, 2.05) is 24.3 Å². The number of carbonyl (C=O) groups is 1. The van der Waals surface area contributed by atoms with Gasteiger partial charge in [-0.05, 0) is 36.6 Å². The maximum atomic E-state index is 11.7. The van der Waals surface area contributed by atoms with Crippen molar-refractivity contribution in [2.24, 2.45) is 0 Å². The molecule has 0 unspecified atom stereocenters. The van der Waals surface area contributed by atoms with Crippen molar-refractivity contribution in [3.63, 3.8) is 0 Å². The number of amides is 1. The van der Waals surface area contributed by atoms with E-state index in [0.717, 1.165) is 6.42 Å². The normalized spacial score (nSPS) is 10.1. The molecule has 0 atom stereocenters. The largest absolute Gasteiger partial charge is 0.482 e. The molecule has 1 amide bonds. The lowest BCUT2D eigenvalue weighted by Gasteiger charge is -2.10. The molecule has 0 heterocycles. The van der Waals surface area contributed by atoms with E-state index in [2.05, 4.69) is 24.4 Å². The van der Waals surface area contributed by atoms with E-state index >= 15 is 0 Å². The molecule has 0 aliphatic heterocycles. The molecule has 21 heavy (non-hydrogen) atoms. The first kappa shape index (κ1) is 14.9. The van der Waals surface area contributed by atoms with Gasteiger partial charge >= 0.3 is 0 Å². The number of hydrogen-bond acceptors (Lipinski definition) is 3. The second kappa shape index (κ2) is 7.33. The zero-order chi connectivity index (χ0) is 15.1. The van der Waals surface area contributed by atoms with Crippen LogP contribution in [0, 0.1) is 6.92 Å². The lowest BCUT2D eigenvalue weighted by Crippen LogP contribution is -2.30. The van der Waals surface area contributed by atoms with E-state index in [1.165, 1.54) is 11.1 Å². The van der Waals surface area contributed by atoms with Crippen LogP contribution in [0.5, 0.6) is 5.75 Å². The summed E-state index contributed by atoms with van der Waals surface area (Å²) in [5, 5.41) is 2.84. The number of para-hydroxylation sites is 2. The summed E-state index contributed by atoms with van der Waals surface area (Å²) >= 11 is 0.